The topological polar surface area (TPSA) is 58.5 Å². The van der Waals surface area contributed by atoms with Crippen LogP contribution in [0.2, 0.25) is 0 Å². The molecule has 0 aliphatic carbocycles. The molecular formula is C18H25F2IN4OS. The van der Waals surface area contributed by atoms with Crippen molar-refractivity contribution in [2.24, 2.45) is 4.99 Å². The second kappa shape index (κ2) is 12.1. The number of aliphatic imine (C=N–C) groups is 1. The molecule has 0 fully saturated rings. The first-order chi connectivity index (χ1) is 12.5. The van der Waals surface area contributed by atoms with Gasteiger partial charge in [0.25, 0.3) is 6.43 Å². The minimum atomic E-state index is -2.49. The second-order valence-corrected chi connectivity index (χ2v) is 6.94. The number of alkyl halides is 2. The number of guanidine groups is 1. The Morgan fingerprint density at radius 2 is 2.07 bits per heavy atom. The summed E-state index contributed by atoms with van der Waals surface area (Å²) < 4.78 is 29.5. The maximum Gasteiger partial charge on any atom is 0.272 e. The lowest BCUT2D eigenvalue weighted by Crippen LogP contribution is -2.36. The number of nitrogens with zero attached hydrogens (tertiary/aromatic N) is 2. The molecule has 2 N–H and O–H groups in total. The van der Waals surface area contributed by atoms with Gasteiger partial charge in [0, 0.05) is 11.4 Å². The van der Waals surface area contributed by atoms with E-state index < -0.39 is 13.0 Å². The van der Waals surface area contributed by atoms with Crippen molar-refractivity contribution in [1.82, 2.24) is 15.6 Å². The third-order valence-corrected chi connectivity index (χ3v) is 4.59. The zero-order valence-electron chi connectivity index (χ0n) is 15.6. The largest absolute Gasteiger partial charge is 0.488 e. The van der Waals surface area contributed by atoms with Crippen molar-refractivity contribution in [1.29, 1.82) is 0 Å². The fraction of sp³-hybridized carbons (Fsp3) is 0.444. The molecule has 0 spiro atoms. The summed E-state index contributed by atoms with van der Waals surface area (Å²) in [6.07, 6.45) is -2.49. The summed E-state index contributed by atoms with van der Waals surface area (Å²) in [5, 5.41) is 7.45. The summed E-state index contributed by atoms with van der Waals surface area (Å²) in [5.74, 6) is 1.10. The maximum atomic E-state index is 12.2. The summed E-state index contributed by atoms with van der Waals surface area (Å²) in [6, 6.07) is 7.04. The summed E-state index contributed by atoms with van der Waals surface area (Å²) in [5.41, 5.74) is 1.93. The van der Waals surface area contributed by atoms with Crippen molar-refractivity contribution in [3.63, 3.8) is 0 Å². The Morgan fingerprint density at radius 1 is 1.30 bits per heavy atom. The molecule has 0 saturated heterocycles. The predicted octanol–water partition coefficient (Wildman–Crippen LogP) is 4.28. The highest BCUT2D eigenvalue weighted by Gasteiger charge is 2.06. The van der Waals surface area contributed by atoms with Crippen LogP contribution in [0.4, 0.5) is 8.78 Å². The zero-order chi connectivity index (χ0) is 18.9. The lowest BCUT2D eigenvalue weighted by atomic mass is 10.2. The highest BCUT2D eigenvalue weighted by Crippen LogP contribution is 2.16. The summed E-state index contributed by atoms with van der Waals surface area (Å²) in [4.78, 5) is 10.2. The molecule has 0 radical (unpaired) electrons. The molecule has 27 heavy (non-hydrogen) atoms. The van der Waals surface area contributed by atoms with Gasteiger partial charge in [-0.2, -0.15) is 0 Å². The van der Waals surface area contributed by atoms with Crippen molar-refractivity contribution >= 4 is 41.3 Å². The normalized spacial score (nSPS) is 11.3. The Bertz CT molecular complexity index is 720. The van der Waals surface area contributed by atoms with Crippen LogP contribution in [-0.2, 0) is 13.1 Å². The molecule has 0 aliphatic rings. The maximum absolute atomic E-state index is 12.2. The number of hydrogen-bond acceptors (Lipinski definition) is 4. The van der Waals surface area contributed by atoms with Gasteiger partial charge in [-0.05, 0) is 38.5 Å². The van der Waals surface area contributed by atoms with Crippen molar-refractivity contribution < 1.29 is 13.5 Å². The van der Waals surface area contributed by atoms with Crippen molar-refractivity contribution in [2.45, 2.75) is 40.3 Å². The SMILES string of the molecule is CCNC(=NCc1cccc(OCC(F)F)c1)NCc1nc(C)c(C)s1.I. The zero-order valence-corrected chi connectivity index (χ0v) is 18.7. The molecule has 0 aliphatic heterocycles. The third kappa shape index (κ3) is 8.37. The molecule has 150 valence electrons. The number of ether oxygens (including phenoxy) is 1. The average molecular weight is 510 g/mol. The molecular weight excluding hydrogens is 485 g/mol. The monoisotopic (exact) mass is 510 g/mol. The van der Waals surface area contributed by atoms with E-state index in [-0.39, 0.29) is 24.0 Å². The Morgan fingerprint density at radius 3 is 2.70 bits per heavy atom. The predicted molar refractivity (Wildman–Crippen MR) is 117 cm³/mol. The third-order valence-electron chi connectivity index (χ3n) is 3.52. The number of halogens is 3. The van der Waals surface area contributed by atoms with Crippen LogP contribution in [-0.4, -0.2) is 30.5 Å². The van der Waals surface area contributed by atoms with E-state index in [1.54, 1.807) is 29.5 Å². The van der Waals surface area contributed by atoms with Gasteiger partial charge in [0.2, 0.25) is 0 Å². The van der Waals surface area contributed by atoms with Crippen LogP contribution < -0.4 is 15.4 Å². The summed E-state index contributed by atoms with van der Waals surface area (Å²) in [7, 11) is 0. The van der Waals surface area contributed by atoms with Crippen LogP contribution in [0.3, 0.4) is 0 Å². The minimum absolute atomic E-state index is 0. The van der Waals surface area contributed by atoms with E-state index in [1.165, 1.54) is 4.88 Å². The Kier molecular flexibility index (Phi) is 10.5. The number of benzene rings is 1. The number of hydrogen-bond donors (Lipinski definition) is 2. The van der Waals surface area contributed by atoms with E-state index in [0.29, 0.717) is 24.8 Å². The number of aryl methyl sites for hydroxylation is 2. The van der Waals surface area contributed by atoms with E-state index in [9.17, 15) is 8.78 Å². The molecule has 2 rings (SSSR count). The fourth-order valence-corrected chi connectivity index (χ4v) is 3.05. The smallest absolute Gasteiger partial charge is 0.272 e. The van der Waals surface area contributed by atoms with E-state index in [0.717, 1.165) is 22.8 Å². The van der Waals surface area contributed by atoms with Crippen LogP contribution in [0, 0.1) is 13.8 Å². The highest BCUT2D eigenvalue weighted by atomic mass is 127. The van der Waals surface area contributed by atoms with Crippen molar-refractivity contribution in [3.8, 4) is 5.75 Å². The van der Waals surface area contributed by atoms with E-state index >= 15 is 0 Å². The number of nitrogens with one attached hydrogen (secondary N) is 2. The quantitative estimate of drug-likeness (QED) is 0.317. The molecule has 2 aromatic rings. The van der Waals surface area contributed by atoms with Crippen molar-refractivity contribution in [3.05, 3.63) is 45.4 Å². The summed E-state index contributed by atoms with van der Waals surface area (Å²) >= 11 is 1.66. The lowest BCUT2D eigenvalue weighted by molar-refractivity contribution is 0.0818. The first-order valence-electron chi connectivity index (χ1n) is 8.43. The second-order valence-electron chi connectivity index (χ2n) is 5.65. The van der Waals surface area contributed by atoms with E-state index in [2.05, 4.69) is 27.5 Å². The van der Waals surface area contributed by atoms with Crippen LogP contribution in [0.15, 0.2) is 29.3 Å². The van der Waals surface area contributed by atoms with Gasteiger partial charge in [-0.15, -0.1) is 35.3 Å². The first-order valence-corrected chi connectivity index (χ1v) is 9.24. The molecule has 0 amide bonds. The fourth-order valence-electron chi connectivity index (χ4n) is 2.18. The molecule has 1 aromatic heterocycles. The molecule has 0 bridgehead atoms. The van der Waals surface area contributed by atoms with E-state index in [1.807, 2.05) is 19.9 Å². The van der Waals surface area contributed by atoms with Crippen LogP contribution in [0.25, 0.3) is 0 Å². The Hall–Kier alpha value is -1.49. The van der Waals surface area contributed by atoms with Crippen LogP contribution in [0.5, 0.6) is 5.75 Å². The Labute approximate surface area is 179 Å². The molecule has 9 heteroatoms. The highest BCUT2D eigenvalue weighted by molar-refractivity contribution is 14.0. The molecule has 5 nitrogen and oxygen atoms in total. The van der Waals surface area contributed by atoms with Gasteiger partial charge in [-0.1, -0.05) is 12.1 Å². The molecule has 1 heterocycles. The van der Waals surface area contributed by atoms with Gasteiger partial charge in [0.15, 0.2) is 5.96 Å². The van der Waals surface area contributed by atoms with Gasteiger partial charge in [0.1, 0.15) is 17.4 Å². The van der Waals surface area contributed by atoms with Gasteiger partial charge in [-0.25, -0.2) is 18.8 Å². The number of rotatable bonds is 8. The molecule has 0 saturated carbocycles. The number of aromatic nitrogens is 1. The standard InChI is InChI=1S/C18H24F2N4OS.HI/c1-4-21-18(23-10-17-24-12(2)13(3)26-17)22-9-14-6-5-7-15(8-14)25-11-16(19)20;/h5-8,16H,4,9-11H2,1-3H3,(H2,21,22,23);1H. The first kappa shape index (κ1) is 23.5. The van der Waals surface area contributed by atoms with Crippen LogP contribution >= 0.6 is 35.3 Å². The molecule has 0 unspecified atom stereocenters. The summed E-state index contributed by atoms with van der Waals surface area (Å²) in [6.45, 7) is 7.19. The lowest BCUT2D eigenvalue weighted by Gasteiger charge is -2.10. The minimum Gasteiger partial charge on any atom is -0.488 e. The number of thiazole rings is 1. The van der Waals surface area contributed by atoms with Crippen molar-refractivity contribution in [2.75, 3.05) is 13.2 Å². The molecule has 1 aromatic carbocycles. The average Bonchev–Trinajstić information content (AvgIpc) is 2.94. The van der Waals surface area contributed by atoms with Crippen LogP contribution in [0.1, 0.15) is 28.1 Å². The Balaban J connectivity index is 0.00000364. The van der Waals surface area contributed by atoms with E-state index in [4.69, 9.17) is 4.74 Å². The van der Waals surface area contributed by atoms with Gasteiger partial charge in [0.05, 0.1) is 18.8 Å². The van der Waals surface area contributed by atoms with Gasteiger partial charge in [-0.3, -0.25) is 0 Å². The molecule has 0 atom stereocenters. The van der Waals surface area contributed by atoms with Gasteiger partial charge >= 0.3 is 0 Å². The van der Waals surface area contributed by atoms with Gasteiger partial charge < -0.3 is 15.4 Å².